The van der Waals surface area contributed by atoms with Crippen LogP contribution in [-0.4, -0.2) is 50.6 Å². The summed E-state index contributed by atoms with van der Waals surface area (Å²) in [6, 6.07) is 20.6. The number of benzene rings is 3. The first kappa shape index (κ1) is 28.6. The van der Waals surface area contributed by atoms with Crippen LogP contribution >= 0.6 is 0 Å². The number of carbonyl (C=O) groups is 2. The van der Waals surface area contributed by atoms with Gasteiger partial charge in [0.15, 0.2) is 0 Å². The Hall–Kier alpha value is -3.95. The Bertz CT molecular complexity index is 1460. The summed E-state index contributed by atoms with van der Waals surface area (Å²) >= 11 is 0. The van der Waals surface area contributed by atoms with E-state index in [1.54, 1.807) is 6.07 Å². The maximum atomic E-state index is 15.3. The molecule has 1 aliphatic carbocycles. The molecule has 1 heterocycles. The molecule has 5 rings (SSSR count). The number of methoxy groups -OCH3 is 1. The number of fused-ring (bicyclic) bond motifs is 3. The molecule has 3 aromatic carbocycles. The molecule has 0 unspecified atom stereocenters. The van der Waals surface area contributed by atoms with Crippen molar-refractivity contribution in [3.8, 4) is 11.1 Å². The van der Waals surface area contributed by atoms with E-state index in [-0.39, 0.29) is 30.2 Å². The van der Waals surface area contributed by atoms with Gasteiger partial charge in [-0.1, -0.05) is 66.7 Å². The van der Waals surface area contributed by atoms with Gasteiger partial charge in [0.25, 0.3) is 0 Å². The molecular formula is C32H33BFNO6. The highest BCUT2D eigenvalue weighted by Gasteiger charge is 2.52. The highest BCUT2D eigenvalue weighted by molar-refractivity contribution is 6.56. The Morgan fingerprint density at radius 1 is 0.927 bits per heavy atom. The number of hydrogen-bond acceptors (Lipinski definition) is 6. The quantitative estimate of drug-likeness (QED) is 0.277. The van der Waals surface area contributed by atoms with Crippen molar-refractivity contribution >= 4 is 25.3 Å². The molecule has 2 aliphatic rings. The lowest BCUT2D eigenvalue weighted by Gasteiger charge is -2.32. The van der Waals surface area contributed by atoms with Crippen molar-refractivity contribution < 1.29 is 32.8 Å². The van der Waals surface area contributed by atoms with E-state index in [0.717, 1.165) is 22.3 Å². The minimum Gasteiger partial charge on any atom is -0.465 e. The summed E-state index contributed by atoms with van der Waals surface area (Å²) in [5.74, 6) is -1.61. The molecule has 1 amide bonds. The highest BCUT2D eigenvalue weighted by Crippen LogP contribution is 2.44. The number of rotatable bonds is 7. The largest absolute Gasteiger partial charge is 0.492 e. The van der Waals surface area contributed by atoms with Gasteiger partial charge in [0, 0.05) is 18.0 Å². The second-order valence-corrected chi connectivity index (χ2v) is 11.2. The Labute approximate surface area is 239 Å². The first-order valence-electron chi connectivity index (χ1n) is 13.5. The number of amides is 1. The Kier molecular flexibility index (Phi) is 7.77. The van der Waals surface area contributed by atoms with Crippen molar-refractivity contribution in [3.05, 3.63) is 100 Å². The van der Waals surface area contributed by atoms with Gasteiger partial charge in [-0.3, -0.25) is 0 Å². The molecule has 1 fully saturated rings. The maximum Gasteiger partial charge on any atom is 0.492 e. The van der Waals surface area contributed by atoms with Gasteiger partial charge in [0.1, 0.15) is 12.4 Å². The molecule has 9 heteroatoms. The zero-order chi connectivity index (χ0) is 29.4. The molecule has 3 aromatic rings. The normalized spacial score (nSPS) is 17.1. The van der Waals surface area contributed by atoms with Crippen molar-refractivity contribution in [2.45, 2.75) is 44.8 Å². The van der Waals surface area contributed by atoms with Crippen LogP contribution in [0.25, 0.3) is 17.2 Å². The summed E-state index contributed by atoms with van der Waals surface area (Å²) in [5.41, 5.74) is 3.57. The summed E-state index contributed by atoms with van der Waals surface area (Å²) < 4.78 is 38.0. The fraction of sp³-hybridized carbons (Fsp3) is 0.312. The zero-order valence-corrected chi connectivity index (χ0v) is 23.8. The van der Waals surface area contributed by atoms with Gasteiger partial charge in [-0.05, 0) is 61.5 Å². The van der Waals surface area contributed by atoms with Crippen LogP contribution in [0.15, 0.2) is 72.2 Å². The number of alkyl carbamates (subject to hydrolysis) is 1. The summed E-state index contributed by atoms with van der Waals surface area (Å²) in [6.45, 7) is 7.74. The average molecular weight is 557 g/mol. The van der Waals surface area contributed by atoms with Crippen LogP contribution in [0.3, 0.4) is 0 Å². The molecule has 1 aliphatic heterocycles. The molecule has 7 nitrogen and oxygen atoms in total. The van der Waals surface area contributed by atoms with Gasteiger partial charge < -0.3 is 24.1 Å². The second kappa shape index (κ2) is 11.1. The predicted molar refractivity (Wildman–Crippen MR) is 155 cm³/mol. The summed E-state index contributed by atoms with van der Waals surface area (Å²) in [7, 11) is 0.327. The van der Waals surface area contributed by atoms with Crippen LogP contribution < -0.4 is 5.32 Å². The third-order valence-corrected chi connectivity index (χ3v) is 8.11. The first-order chi connectivity index (χ1) is 19.5. The standard InChI is InChI=1S/C32H33BFNO6/c1-31(2)32(3,4)41-33(40-31)21(17-20-11-10-16-26(28(20)34)29(36)38-5)18-35-30(37)39-19-27-24-14-8-6-12-22(24)23-13-7-9-15-25(23)27/h6-17,27H,18-19H2,1-5H3,(H,35,37). The second-order valence-electron chi connectivity index (χ2n) is 11.2. The average Bonchev–Trinajstić information content (AvgIpc) is 3.39. The Morgan fingerprint density at radius 3 is 2.10 bits per heavy atom. The summed E-state index contributed by atoms with van der Waals surface area (Å²) in [4.78, 5) is 25.0. The van der Waals surface area contributed by atoms with Gasteiger partial charge in [-0.25, -0.2) is 14.0 Å². The molecular weight excluding hydrogens is 524 g/mol. The van der Waals surface area contributed by atoms with Crippen molar-refractivity contribution in [2.75, 3.05) is 20.3 Å². The lowest BCUT2D eigenvalue weighted by atomic mass is 9.77. The topological polar surface area (TPSA) is 83.1 Å². The Balaban J connectivity index is 1.34. The third-order valence-electron chi connectivity index (χ3n) is 8.11. The van der Waals surface area contributed by atoms with Crippen LogP contribution in [0, 0.1) is 5.82 Å². The molecule has 41 heavy (non-hydrogen) atoms. The molecule has 0 bridgehead atoms. The van der Waals surface area contributed by atoms with Crippen LogP contribution in [0.1, 0.15) is 60.7 Å². The Morgan fingerprint density at radius 2 is 1.51 bits per heavy atom. The van der Waals surface area contributed by atoms with Gasteiger partial charge in [0.05, 0.1) is 23.9 Å². The first-order valence-corrected chi connectivity index (χ1v) is 13.5. The van der Waals surface area contributed by atoms with E-state index < -0.39 is 36.2 Å². The fourth-order valence-electron chi connectivity index (χ4n) is 5.15. The van der Waals surface area contributed by atoms with E-state index in [1.165, 1.54) is 25.3 Å². The molecule has 0 saturated carbocycles. The predicted octanol–water partition coefficient (Wildman–Crippen LogP) is 6.17. The molecule has 0 atom stereocenters. The van der Waals surface area contributed by atoms with Crippen molar-refractivity contribution in [1.82, 2.24) is 5.32 Å². The van der Waals surface area contributed by atoms with Gasteiger partial charge in [-0.2, -0.15) is 0 Å². The van der Waals surface area contributed by atoms with E-state index >= 15 is 4.39 Å². The molecule has 0 aromatic heterocycles. The number of hydrogen-bond donors (Lipinski definition) is 1. The van der Waals surface area contributed by atoms with Gasteiger partial charge >= 0.3 is 19.2 Å². The number of ether oxygens (including phenoxy) is 2. The van der Waals surface area contributed by atoms with Gasteiger partial charge in [-0.15, -0.1) is 0 Å². The van der Waals surface area contributed by atoms with E-state index in [0.29, 0.717) is 5.47 Å². The number of esters is 1. The monoisotopic (exact) mass is 557 g/mol. The highest BCUT2D eigenvalue weighted by atomic mass is 19.1. The van der Waals surface area contributed by atoms with Crippen LogP contribution in [0.4, 0.5) is 9.18 Å². The lowest BCUT2D eigenvalue weighted by Crippen LogP contribution is -2.41. The van der Waals surface area contributed by atoms with Crippen molar-refractivity contribution in [1.29, 1.82) is 0 Å². The number of carbonyl (C=O) groups excluding carboxylic acids is 2. The molecule has 0 spiro atoms. The summed E-state index contributed by atoms with van der Waals surface area (Å²) in [5, 5.41) is 2.77. The van der Waals surface area contributed by atoms with Crippen LogP contribution in [0.2, 0.25) is 0 Å². The van der Waals surface area contributed by atoms with E-state index in [2.05, 4.69) is 29.6 Å². The van der Waals surface area contributed by atoms with Crippen molar-refractivity contribution in [2.24, 2.45) is 0 Å². The lowest BCUT2D eigenvalue weighted by molar-refractivity contribution is 0.00578. The third kappa shape index (κ3) is 5.52. The minimum absolute atomic E-state index is 0.0323. The van der Waals surface area contributed by atoms with Gasteiger partial charge in [0.2, 0.25) is 0 Å². The minimum atomic E-state index is -0.866. The summed E-state index contributed by atoms with van der Waals surface area (Å²) in [6.07, 6.45) is 0.895. The van der Waals surface area contributed by atoms with Crippen molar-refractivity contribution in [3.63, 3.8) is 0 Å². The van der Waals surface area contributed by atoms with E-state index in [1.807, 2.05) is 52.0 Å². The molecule has 0 radical (unpaired) electrons. The number of halogens is 1. The maximum absolute atomic E-state index is 15.3. The molecule has 212 valence electrons. The zero-order valence-electron chi connectivity index (χ0n) is 23.8. The number of nitrogens with one attached hydrogen (secondary N) is 1. The smallest absolute Gasteiger partial charge is 0.465 e. The van der Waals surface area contributed by atoms with Crippen LogP contribution in [0.5, 0.6) is 0 Å². The van der Waals surface area contributed by atoms with Crippen LogP contribution in [-0.2, 0) is 18.8 Å². The fourth-order valence-corrected chi connectivity index (χ4v) is 5.15. The molecule has 1 N–H and O–H groups in total. The molecule has 1 saturated heterocycles. The van der Waals surface area contributed by atoms with E-state index in [4.69, 9.17) is 18.8 Å². The van der Waals surface area contributed by atoms with E-state index in [9.17, 15) is 9.59 Å². The SMILES string of the molecule is COC(=O)c1cccc(C=C(CNC(=O)OCC2c3ccccc3-c3ccccc32)B2OC(C)(C)C(C)(C)O2)c1F.